The summed E-state index contributed by atoms with van der Waals surface area (Å²) in [5.41, 5.74) is 7.42. The van der Waals surface area contributed by atoms with E-state index in [1.807, 2.05) is 12.1 Å². The number of nitrogens with zero attached hydrogens (tertiary/aromatic N) is 2. The number of Topliss-reactive ketones (excluding diaryl/α,β-unsaturated/α-hetero) is 1. The van der Waals surface area contributed by atoms with Crippen LogP contribution in [0.3, 0.4) is 0 Å². The molecule has 0 amide bonds. The molecule has 12 aliphatic rings. The van der Waals surface area contributed by atoms with Gasteiger partial charge in [0.2, 0.25) is 0 Å². The Balaban J connectivity index is 0.000000136. The number of allylic oxidation sites excluding steroid dienone is 2. The summed E-state index contributed by atoms with van der Waals surface area (Å²) in [4.78, 5) is 41.9. The van der Waals surface area contributed by atoms with Crippen molar-refractivity contribution in [3.05, 3.63) is 82.0 Å². The summed E-state index contributed by atoms with van der Waals surface area (Å²) in [7, 11) is 0. The van der Waals surface area contributed by atoms with Crippen molar-refractivity contribution >= 4 is 17.7 Å². The molecule has 4 heterocycles. The molecule has 316 valence electrons. The number of carbonyl (C=O) groups excluding carboxylic acids is 3. The zero-order valence-corrected chi connectivity index (χ0v) is 35.1. The quantitative estimate of drug-likeness (QED) is 0.157. The van der Waals surface area contributed by atoms with E-state index in [9.17, 15) is 14.4 Å². The first-order valence-electron chi connectivity index (χ1n) is 22.5. The SMILES string of the molecule is C.CC(=O)Oc1ccc2c3c1O[C@H]1C(C)=CC=C4C(C2)N(CC2CC2)CC[C@]431.CC(=O)Oc1ccc2c3c1O[C@H]1C4(C)C=CC5(C[C@@H]4C(C)=O)C(C2)N(CC2CC2)CC[C@]315. The molecular formula is C51H60N2O7. The number of ketones is 1. The largest absolute Gasteiger partial charge is 0.484 e. The molecule has 9 heteroatoms. The minimum Gasteiger partial charge on any atom is -0.484 e. The molecule has 6 bridgehead atoms. The Bertz CT molecular complexity index is 2360. The third-order valence-electron chi connectivity index (χ3n) is 17.2. The average molecular weight is 813 g/mol. The van der Waals surface area contributed by atoms with Crippen LogP contribution in [0.1, 0.15) is 109 Å². The molecule has 60 heavy (non-hydrogen) atoms. The lowest BCUT2D eigenvalue weighted by atomic mass is 9.35. The molecule has 3 spiro atoms. The lowest BCUT2D eigenvalue weighted by Gasteiger charge is -2.71. The number of hydrogen-bond donors (Lipinski definition) is 0. The van der Waals surface area contributed by atoms with E-state index in [0.717, 1.165) is 68.5 Å². The van der Waals surface area contributed by atoms with Crippen LogP contribution in [0.5, 0.6) is 23.0 Å². The Kier molecular flexibility index (Phi) is 8.33. The number of hydrogen-bond acceptors (Lipinski definition) is 9. The van der Waals surface area contributed by atoms with Gasteiger partial charge in [0.1, 0.15) is 18.0 Å². The number of benzene rings is 2. The molecule has 5 fully saturated rings. The van der Waals surface area contributed by atoms with E-state index in [2.05, 4.69) is 60.1 Å². The van der Waals surface area contributed by atoms with Crippen LogP contribution in [0, 0.1) is 28.6 Å². The molecule has 0 aromatic heterocycles. The highest BCUT2D eigenvalue weighted by Crippen LogP contribution is 2.76. The first kappa shape index (κ1) is 38.7. The van der Waals surface area contributed by atoms with Gasteiger partial charge in [0.25, 0.3) is 0 Å². The third-order valence-corrected chi connectivity index (χ3v) is 17.2. The normalized spacial score (nSPS) is 37.5. The summed E-state index contributed by atoms with van der Waals surface area (Å²) in [6, 6.07) is 9.06. The molecule has 0 radical (unpaired) electrons. The fourth-order valence-electron chi connectivity index (χ4n) is 14.5. The van der Waals surface area contributed by atoms with E-state index >= 15 is 0 Å². The average Bonchev–Trinajstić information content (AvgIpc) is 4.13. The maximum Gasteiger partial charge on any atom is 0.308 e. The second kappa shape index (κ2) is 12.9. The zero-order chi connectivity index (χ0) is 40.4. The monoisotopic (exact) mass is 812 g/mol. The summed E-state index contributed by atoms with van der Waals surface area (Å²) in [6.07, 6.45) is 19.9. The summed E-state index contributed by atoms with van der Waals surface area (Å²) >= 11 is 0. The molecule has 4 unspecified atom stereocenters. The van der Waals surface area contributed by atoms with Crippen LogP contribution < -0.4 is 18.9 Å². The third kappa shape index (κ3) is 4.96. The summed E-state index contributed by atoms with van der Waals surface area (Å²) in [6.45, 7) is 13.7. The van der Waals surface area contributed by atoms with Crippen molar-refractivity contribution in [2.45, 2.75) is 135 Å². The van der Waals surface area contributed by atoms with E-state index in [0.29, 0.717) is 23.6 Å². The Labute approximate surface area is 354 Å². The Morgan fingerprint density at radius 3 is 2.07 bits per heavy atom. The summed E-state index contributed by atoms with van der Waals surface area (Å²) < 4.78 is 24.5. The maximum atomic E-state index is 13.0. The zero-order valence-electron chi connectivity index (χ0n) is 35.1. The van der Waals surface area contributed by atoms with Crippen LogP contribution in [-0.4, -0.2) is 78.0 Å². The molecule has 8 aliphatic carbocycles. The highest BCUT2D eigenvalue weighted by Gasteiger charge is 2.78. The molecule has 2 saturated heterocycles. The van der Waals surface area contributed by atoms with Crippen LogP contribution in [0.2, 0.25) is 0 Å². The van der Waals surface area contributed by atoms with Gasteiger partial charge in [-0.25, -0.2) is 0 Å². The summed E-state index contributed by atoms with van der Waals surface area (Å²) in [5, 5.41) is 0. The molecule has 4 aliphatic heterocycles. The van der Waals surface area contributed by atoms with Gasteiger partial charge in [0.15, 0.2) is 23.0 Å². The number of likely N-dealkylation sites (tertiary alicyclic amines) is 2. The van der Waals surface area contributed by atoms with Gasteiger partial charge < -0.3 is 18.9 Å². The van der Waals surface area contributed by atoms with E-state index < -0.39 is 0 Å². The van der Waals surface area contributed by atoms with Crippen molar-refractivity contribution in [3.63, 3.8) is 0 Å². The number of rotatable bonds is 7. The van der Waals surface area contributed by atoms with Crippen LogP contribution in [0.15, 0.2) is 59.7 Å². The molecular weight excluding hydrogens is 753 g/mol. The second-order valence-electron chi connectivity index (χ2n) is 20.4. The molecule has 14 rings (SSSR count). The minimum absolute atomic E-state index is 0. The molecule has 9 nitrogen and oxygen atoms in total. The molecule has 0 N–H and O–H groups in total. The van der Waals surface area contributed by atoms with Crippen molar-refractivity contribution in [2.75, 3.05) is 26.2 Å². The van der Waals surface area contributed by atoms with Gasteiger partial charge >= 0.3 is 11.9 Å². The van der Waals surface area contributed by atoms with Gasteiger partial charge in [-0.15, -0.1) is 0 Å². The first-order valence-corrected chi connectivity index (χ1v) is 22.5. The maximum absolute atomic E-state index is 13.0. The Hall–Kier alpha value is -4.21. The van der Waals surface area contributed by atoms with Crippen LogP contribution in [-0.2, 0) is 38.1 Å². The Morgan fingerprint density at radius 1 is 0.783 bits per heavy atom. The van der Waals surface area contributed by atoms with Gasteiger partial charge in [0, 0.05) is 78.9 Å². The van der Waals surface area contributed by atoms with Gasteiger partial charge in [-0.1, -0.05) is 50.8 Å². The number of piperidine rings is 2. The van der Waals surface area contributed by atoms with Crippen molar-refractivity contribution < 1.29 is 33.3 Å². The molecule has 2 aromatic rings. The smallest absolute Gasteiger partial charge is 0.308 e. The van der Waals surface area contributed by atoms with Crippen LogP contribution in [0.4, 0.5) is 0 Å². The van der Waals surface area contributed by atoms with Crippen molar-refractivity contribution in [1.29, 1.82) is 0 Å². The van der Waals surface area contributed by atoms with Gasteiger partial charge in [0.05, 0.1) is 5.41 Å². The predicted octanol–water partition coefficient (Wildman–Crippen LogP) is 8.00. The van der Waals surface area contributed by atoms with E-state index in [4.69, 9.17) is 18.9 Å². The topological polar surface area (TPSA) is 94.6 Å². The van der Waals surface area contributed by atoms with Gasteiger partial charge in [-0.05, 0) is 124 Å². The van der Waals surface area contributed by atoms with Crippen molar-refractivity contribution in [2.24, 2.45) is 28.6 Å². The second-order valence-corrected chi connectivity index (χ2v) is 20.4. The summed E-state index contributed by atoms with van der Waals surface area (Å²) in [5.74, 6) is 4.04. The highest BCUT2D eigenvalue weighted by atomic mass is 16.6. The van der Waals surface area contributed by atoms with Crippen LogP contribution >= 0.6 is 0 Å². The minimum atomic E-state index is -0.349. The van der Waals surface area contributed by atoms with Crippen molar-refractivity contribution in [3.8, 4) is 23.0 Å². The first-order chi connectivity index (χ1) is 28.4. The number of carbonyl (C=O) groups is 3. The van der Waals surface area contributed by atoms with Gasteiger partial charge in [-0.2, -0.15) is 0 Å². The molecule has 3 saturated carbocycles. The fourth-order valence-corrected chi connectivity index (χ4v) is 14.5. The highest BCUT2D eigenvalue weighted by molar-refractivity contribution is 5.82. The van der Waals surface area contributed by atoms with E-state index in [1.54, 1.807) is 6.92 Å². The number of esters is 2. The standard InChI is InChI=1S/C27H31NO4.C23H25NO3.CH4/c1-15(29)19-13-26-9-8-25(19,3)24-27(26)10-11-28(14-17-4-5-17)21(26)12-18-6-7-20(31-16(2)30)23(32-24)22(18)27;1-13-3-7-17-18-11-16-6-8-19(26-14(2)25)21-20(16)23(17,22(13)27-21)9-10-24(18)12-15-4-5-15;/h6-9,17,19,21,24H,4-5,10-14H2,1-3H3;3,6-8,15,18,22H,4-5,9-12H2,1-2H3;1H4/t19-,21?,24+,25?,26?,27+;18?,22-,23-;/m10./s1. The lowest BCUT2D eigenvalue weighted by Crippen LogP contribution is -2.77. The number of fused-ring (bicyclic) bond motifs is 1. The van der Waals surface area contributed by atoms with Crippen molar-refractivity contribution in [1.82, 2.24) is 9.80 Å². The van der Waals surface area contributed by atoms with Gasteiger partial charge in [-0.3, -0.25) is 24.2 Å². The molecule has 9 atom stereocenters. The van der Waals surface area contributed by atoms with E-state index in [-0.39, 0.29) is 64.9 Å². The van der Waals surface area contributed by atoms with E-state index in [1.165, 1.54) is 86.0 Å². The fraction of sp³-hybridized carbons (Fsp3) is 0.588. The lowest BCUT2D eigenvalue weighted by molar-refractivity contribution is -0.175. The predicted molar refractivity (Wildman–Crippen MR) is 228 cm³/mol. The molecule has 2 aromatic carbocycles. The number of ether oxygens (including phenoxy) is 4. The Morgan fingerprint density at radius 2 is 1.42 bits per heavy atom. The van der Waals surface area contributed by atoms with Crippen LogP contribution in [0.25, 0.3) is 0 Å².